The van der Waals surface area contributed by atoms with Crippen molar-refractivity contribution in [1.82, 2.24) is 0 Å². The number of carbonyl (C=O) groups is 2. The molecule has 1 N–H and O–H groups in total. The molecule has 12 heavy (non-hydrogen) atoms. The topological polar surface area (TPSA) is 72.8 Å². The summed E-state index contributed by atoms with van der Waals surface area (Å²) in [7, 11) is 1.14. The van der Waals surface area contributed by atoms with Gasteiger partial charge in [-0.25, -0.2) is 9.59 Å². The third-order valence-electron chi connectivity index (χ3n) is 0.940. The lowest BCUT2D eigenvalue weighted by atomic mass is 10.4. The summed E-state index contributed by atoms with van der Waals surface area (Å²) in [5.41, 5.74) is 0. The third-order valence-corrected chi connectivity index (χ3v) is 0.940. The number of hydrogen-bond acceptors (Lipinski definition) is 5. The molecule has 0 aromatic carbocycles. The van der Waals surface area contributed by atoms with Crippen molar-refractivity contribution in [3.05, 3.63) is 11.8 Å². The Bertz CT molecular complexity index is 206. The zero-order valence-electron chi connectivity index (χ0n) is 6.86. The lowest BCUT2D eigenvalue weighted by Crippen LogP contribution is -2.09. The molecule has 0 aromatic rings. The van der Waals surface area contributed by atoms with Crippen molar-refractivity contribution in [3.8, 4) is 0 Å². The molecule has 5 heteroatoms. The monoisotopic (exact) mass is 174 g/mol. The van der Waals surface area contributed by atoms with Crippen LogP contribution in [0.2, 0.25) is 0 Å². The van der Waals surface area contributed by atoms with Crippen LogP contribution in [0.5, 0.6) is 0 Å². The number of methoxy groups -OCH3 is 1. The maximum absolute atomic E-state index is 10.6. The van der Waals surface area contributed by atoms with Crippen molar-refractivity contribution in [3.63, 3.8) is 0 Å². The third kappa shape index (κ3) is 3.60. The molecular formula is C7H10O5. The molecule has 0 fully saturated rings. The summed E-state index contributed by atoms with van der Waals surface area (Å²) in [6.07, 6.45) is 0.651. The van der Waals surface area contributed by atoms with Gasteiger partial charge >= 0.3 is 11.9 Å². The molecule has 0 radical (unpaired) electrons. The van der Waals surface area contributed by atoms with Crippen LogP contribution in [0.1, 0.15) is 6.92 Å². The van der Waals surface area contributed by atoms with Gasteiger partial charge in [0.15, 0.2) is 0 Å². The van der Waals surface area contributed by atoms with E-state index in [1.807, 2.05) is 0 Å². The Kier molecular flexibility index (Phi) is 4.52. The van der Waals surface area contributed by atoms with E-state index in [2.05, 4.69) is 9.47 Å². The van der Waals surface area contributed by atoms with E-state index >= 15 is 0 Å². The highest BCUT2D eigenvalue weighted by Gasteiger charge is 2.09. The SMILES string of the molecule is CCOC(=O)C(O)=CC(=O)OC. The number of hydrogen-bond donors (Lipinski definition) is 1. The fourth-order valence-electron chi connectivity index (χ4n) is 0.435. The van der Waals surface area contributed by atoms with Crippen LogP contribution in [-0.4, -0.2) is 30.8 Å². The van der Waals surface area contributed by atoms with Gasteiger partial charge in [-0.05, 0) is 6.92 Å². The largest absolute Gasteiger partial charge is 0.502 e. The zero-order chi connectivity index (χ0) is 9.56. The number of aliphatic hydroxyl groups excluding tert-OH is 1. The molecule has 0 rings (SSSR count). The summed E-state index contributed by atoms with van der Waals surface area (Å²) >= 11 is 0. The minimum Gasteiger partial charge on any atom is -0.502 e. The summed E-state index contributed by atoms with van der Waals surface area (Å²) in [5, 5.41) is 8.84. The van der Waals surface area contributed by atoms with Crippen LogP contribution >= 0.6 is 0 Å². The standard InChI is InChI=1S/C7H10O5/c1-3-12-7(10)5(8)4-6(9)11-2/h4,8H,3H2,1-2H3. The van der Waals surface area contributed by atoms with Crippen LogP contribution < -0.4 is 0 Å². The zero-order valence-corrected chi connectivity index (χ0v) is 6.86. The van der Waals surface area contributed by atoms with E-state index in [1.54, 1.807) is 6.92 Å². The summed E-state index contributed by atoms with van der Waals surface area (Å²) < 4.78 is 8.55. The molecule has 0 aliphatic carbocycles. The molecule has 0 atom stereocenters. The average Bonchev–Trinajstić information content (AvgIpc) is 2.04. The van der Waals surface area contributed by atoms with Gasteiger partial charge in [0, 0.05) is 0 Å². The van der Waals surface area contributed by atoms with Crippen molar-refractivity contribution in [1.29, 1.82) is 0 Å². The Morgan fingerprint density at radius 1 is 1.50 bits per heavy atom. The summed E-state index contributed by atoms with van der Waals surface area (Å²) in [6, 6.07) is 0. The summed E-state index contributed by atoms with van der Waals surface area (Å²) in [4.78, 5) is 21.1. The van der Waals surface area contributed by atoms with Crippen LogP contribution in [0, 0.1) is 0 Å². The van der Waals surface area contributed by atoms with Gasteiger partial charge in [-0.15, -0.1) is 0 Å². The smallest absolute Gasteiger partial charge is 0.373 e. The average molecular weight is 174 g/mol. The van der Waals surface area contributed by atoms with E-state index < -0.39 is 17.7 Å². The molecule has 0 aliphatic rings. The van der Waals surface area contributed by atoms with Crippen molar-refractivity contribution < 1.29 is 24.2 Å². The molecule has 0 aromatic heterocycles. The number of aliphatic hydroxyl groups is 1. The van der Waals surface area contributed by atoms with E-state index in [9.17, 15) is 9.59 Å². The molecule has 0 unspecified atom stereocenters. The number of carbonyl (C=O) groups excluding carboxylic acids is 2. The van der Waals surface area contributed by atoms with Gasteiger partial charge in [0.25, 0.3) is 0 Å². The number of esters is 2. The molecule has 0 bridgehead atoms. The lowest BCUT2D eigenvalue weighted by Gasteiger charge is -1.98. The van der Waals surface area contributed by atoms with Crippen LogP contribution in [-0.2, 0) is 19.1 Å². The molecule has 0 saturated carbocycles. The quantitative estimate of drug-likeness (QED) is 0.375. The molecule has 0 saturated heterocycles. The first-order chi connectivity index (χ1) is 5.61. The maximum Gasteiger partial charge on any atom is 0.373 e. The van der Waals surface area contributed by atoms with Gasteiger partial charge in [0.2, 0.25) is 5.76 Å². The second-order valence-electron chi connectivity index (χ2n) is 1.77. The Labute approximate surface area is 69.6 Å². The number of ether oxygens (including phenoxy) is 2. The summed E-state index contributed by atoms with van der Waals surface area (Å²) in [6.45, 7) is 1.72. The van der Waals surface area contributed by atoms with E-state index in [4.69, 9.17) is 5.11 Å². The van der Waals surface area contributed by atoms with E-state index in [1.165, 1.54) is 0 Å². The molecule has 0 aliphatic heterocycles. The lowest BCUT2D eigenvalue weighted by molar-refractivity contribution is -0.143. The van der Waals surface area contributed by atoms with Crippen molar-refractivity contribution in [2.24, 2.45) is 0 Å². The van der Waals surface area contributed by atoms with Crippen LogP contribution in [0.15, 0.2) is 11.8 Å². The second kappa shape index (κ2) is 5.17. The van der Waals surface area contributed by atoms with Gasteiger partial charge in [-0.3, -0.25) is 0 Å². The van der Waals surface area contributed by atoms with E-state index in [-0.39, 0.29) is 6.61 Å². The van der Waals surface area contributed by atoms with Gasteiger partial charge < -0.3 is 14.6 Å². The Morgan fingerprint density at radius 2 is 2.08 bits per heavy atom. The minimum atomic E-state index is -0.942. The highest BCUT2D eigenvalue weighted by Crippen LogP contribution is 1.93. The first kappa shape index (κ1) is 10.5. The molecule has 0 amide bonds. The fraction of sp³-hybridized carbons (Fsp3) is 0.429. The van der Waals surface area contributed by atoms with Gasteiger partial charge in [-0.2, -0.15) is 0 Å². The van der Waals surface area contributed by atoms with Crippen LogP contribution in [0.3, 0.4) is 0 Å². The highest BCUT2D eigenvalue weighted by molar-refractivity contribution is 5.94. The molecule has 68 valence electrons. The van der Waals surface area contributed by atoms with Crippen LogP contribution in [0.4, 0.5) is 0 Å². The van der Waals surface area contributed by atoms with Gasteiger partial charge in [-0.1, -0.05) is 0 Å². The predicted octanol–water partition coefficient (Wildman–Crippen LogP) is 0.164. The van der Waals surface area contributed by atoms with Crippen molar-refractivity contribution >= 4 is 11.9 Å². The van der Waals surface area contributed by atoms with Crippen molar-refractivity contribution in [2.75, 3.05) is 13.7 Å². The molecule has 0 heterocycles. The first-order valence-electron chi connectivity index (χ1n) is 3.27. The van der Waals surface area contributed by atoms with Crippen LogP contribution in [0.25, 0.3) is 0 Å². The Morgan fingerprint density at radius 3 is 2.50 bits per heavy atom. The highest BCUT2D eigenvalue weighted by atomic mass is 16.5. The second-order valence-corrected chi connectivity index (χ2v) is 1.77. The normalized spacial score (nSPS) is 10.7. The van der Waals surface area contributed by atoms with E-state index in [0.29, 0.717) is 6.08 Å². The molecular weight excluding hydrogens is 164 g/mol. The fourth-order valence-corrected chi connectivity index (χ4v) is 0.435. The van der Waals surface area contributed by atoms with Crippen molar-refractivity contribution in [2.45, 2.75) is 6.92 Å². The van der Waals surface area contributed by atoms with Gasteiger partial charge in [0.1, 0.15) is 0 Å². The predicted molar refractivity (Wildman–Crippen MR) is 39.4 cm³/mol. The van der Waals surface area contributed by atoms with E-state index in [0.717, 1.165) is 7.11 Å². The van der Waals surface area contributed by atoms with Gasteiger partial charge in [0.05, 0.1) is 19.8 Å². The number of rotatable bonds is 3. The summed E-state index contributed by atoms with van der Waals surface area (Å²) in [5.74, 6) is -2.51. The maximum atomic E-state index is 10.6. The Balaban J connectivity index is 4.17. The molecule has 0 spiro atoms. The Hall–Kier alpha value is -1.52. The minimum absolute atomic E-state index is 0.137. The first-order valence-corrected chi connectivity index (χ1v) is 3.27. The molecule has 5 nitrogen and oxygen atoms in total.